The number of hydrogen-bond donors (Lipinski definition) is 0. The number of para-hydroxylation sites is 1. The van der Waals surface area contributed by atoms with Crippen LogP contribution in [0.5, 0.6) is 5.75 Å². The molecule has 0 N–H and O–H groups in total. The molecule has 3 rings (SSSR count). The van der Waals surface area contributed by atoms with E-state index in [1.807, 2.05) is 18.2 Å². The number of nitro groups is 1. The predicted octanol–water partition coefficient (Wildman–Crippen LogP) is 4.48. The van der Waals surface area contributed by atoms with Crippen molar-refractivity contribution in [1.82, 2.24) is 4.90 Å². The molecule has 0 bridgehead atoms. The summed E-state index contributed by atoms with van der Waals surface area (Å²) in [6.45, 7) is 2.86. The van der Waals surface area contributed by atoms with Crippen molar-refractivity contribution in [2.24, 2.45) is 0 Å². The number of nitro benzene ring substituents is 1. The summed E-state index contributed by atoms with van der Waals surface area (Å²) in [5.74, 6) is 1.45. The van der Waals surface area contributed by atoms with E-state index in [1.165, 1.54) is 5.56 Å². The molecule has 1 aliphatic rings. The van der Waals surface area contributed by atoms with E-state index in [0.29, 0.717) is 5.92 Å². The van der Waals surface area contributed by atoms with Gasteiger partial charge in [-0.1, -0.05) is 18.2 Å². The van der Waals surface area contributed by atoms with Crippen LogP contribution in [-0.2, 0) is 6.42 Å². The number of piperidine rings is 1. The van der Waals surface area contributed by atoms with Crippen molar-refractivity contribution in [3.05, 3.63) is 63.7 Å². The first-order valence-electron chi connectivity index (χ1n) is 10.3. The zero-order valence-electron chi connectivity index (χ0n) is 17.6. The summed E-state index contributed by atoms with van der Waals surface area (Å²) in [4.78, 5) is 15.5. The first kappa shape index (κ1) is 21.1. The van der Waals surface area contributed by atoms with Gasteiger partial charge in [0.05, 0.1) is 12.0 Å². The number of anilines is 1. The lowest BCUT2D eigenvalue weighted by Crippen LogP contribution is -2.33. The van der Waals surface area contributed by atoms with Gasteiger partial charge in [0, 0.05) is 30.9 Å². The molecule has 0 aliphatic carbocycles. The monoisotopic (exact) mass is 397 g/mol. The Bertz CT molecular complexity index is 830. The van der Waals surface area contributed by atoms with Crippen molar-refractivity contribution in [3.63, 3.8) is 0 Å². The molecular formula is C23H31N3O3. The van der Waals surface area contributed by atoms with E-state index >= 15 is 0 Å². The van der Waals surface area contributed by atoms with Gasteiger partial charge in [0.15, 0.2) is 0 Å². The van der Waals surface area contributed by atoms with Gasteiger partial charge in [0.2, 0.25) is 0 Å². The van der Waals surface area contributed by atoms with Crippen LogP contribution in [0.2, 0.25) is 0 Å². The van der Waals surface area contributed by atoms with Crippen LogP contribution in [0.25, 0.3) is 0 Å². The number of nitrogens with zero attached hydrogens (tertiary/aromatic N) is 3. The van der Waals surface area contributed by atoms with E-state index in [1.54, 1.807) is 19.2 Å². The van der Waals surface area contributed by atoms with E-state index < -0.39 is 0 Å². The van der Waals surface area contributed by atoms with Gasteiger partial charge in [-0.3, -0.25) is 10.1 Å². The van der Waals surface area contributed by atoms with E-state index in [9.17, 15) is 10.1 Å². The predicted molar refractivity (Wildman–Crippen MR) is 117 cm³/mol. The summed E-state index contributed by atoms with van der Waals surface area (Å²) in [5, 5.41) is 11.3. The second kappa shape index (κ2) is 9.74. The van der Waals surface area contributed by atoms with Crippen molar-refractivity contribution in [2.45, 2.75) is 31.6 Å². The van der Waals surface area contributed by atoms with Crippen molar-refractivity contribution in [1.29, 1.82) is 0 Å². The Morgan fingerprint density at radius 3 is 2.55 bits per heavy atom. The lowest BCUT2D eigenvalue weighted by atomic mass is 9.88. The third-order valence-corrected chi connectivity index (χ3v) is 5.74. The Balaban J connectivity index is 1.74. The van der Waals surface area contributed by atoms with E-state index in [2.05, 4.69) is 36.0 Å². The summed E-state index contributed by atoms with van der Waals surface area (Å²) in [6.07, 6.45) is 3.93. The molecular weight excluding hydrogens is 366 g/mol. The van der Waals surface area contributed by atoms with Crippen LogP contribution >= 0.6 is 0 Å². The van der Waals surface area contributed by atoms with Crippen LogP contribution in [0.3, 0.4) is 0 Å². The average Bonchev–Trinajstić information content (AvgIpc) is 2.73. The van der Waals surface area contributed by atoms with E-state index in [-0.39, 0.29) is 10.6 Å². The molecule has 6 heteroatoms. The molecule has 2 aromatic carbocycles. The molecule has 0 aromatic heterocycles. The second-order valence-electron chi connectivity index (χ2n) is 7.98. The SMILES string of the molecule is COc1ccccc1C1CCN(c2ccc([N+](=O)[O-])cc2CCCN(C)C)CC1. The maximum absolute atomic E-state index is 11.3. The van der Waals surface area contributed by atoms with Gasteiger partial charge < -0.3 is 14.5 Å². The minimum Gasteiger partial charge on any atom is -0.496 e. The zero-order valence-corrected chi connectivity index (χ0v) is 17.6. The molecule has 29 heavy (non-hydrogen) atoms. The normalized spacial score (nSPS) is 15.0. The molecule has 1 saturated heterocycles. The van der Waals surface area contributed by atoms with Crippen molar-refractivity contribution >= 4 is 11.4 Å². The quantitative estimate of drug-likeness (QED) is 0.485. The Morgan fingerprint density at radius 2 is 1.90 bits per heavy atom. The highest BCUT2D eigenvalue weighted by molar-refractivity contribution is 5.58. The minimum absolute atomic E-state index is 0.178. The fraction of sp³-hybridized carbons (Fsp3) is 0.478. The number of benzene rings is 2. The molecule has 0 saturated carbocycles. The van der Waals surface area contributed by atoms with Gasteiger partial charge in [-0.25, -0.2) is 0 Å². The van der Waals surface area contributed by atoms with Gasteiger partial charge >= 0.3 is 0 Å². The van der Waals surface area contributed by atoms with Gasteiger partial charge in [-0.05, 0) is 75.5 Å². The fourth-order valence-corrected chi connectivity index (χ4v) is 4.22. The van der Waals surface area contributed by atoms with E-state index in [4.69, 9.17) is 4.74 Å². The van der Waals surface area contributed by atoms with Crippen molar-refractivity contribution < 1.29 is 9.66 Å². The average molecular weight is 398 g/mol. The summed E-state index contributed by atoms with van der Waals surface area (Å²) >= 11 is 0. The summed E-state index contributed by atoms with van der Waals surface area (Å²) < 4.78 is 5.55. The molecule has 0 atom stereocenters. The molecule has 0 amide bonds. The van der Waals surface area contributed by atoms with Gasteiger partial charge in [-0.15, -0.1) is 0 Å². The van der Waals surface area contributed by atoms with Crippen LogP contribution in [0.15, 0.2) is 42.5 Å². The highest BCUT2D eigenvalue weighted by atomic mass is 16.6. The number of ether oxygens (including phenoxy) is 1. The maximum Gasteiger partial charge on any atom is 0.269 e. The molecule has 1 fully saturated rings. The lowest BCUT2D eigenvalue weighted by molar-refractivity contribution is -0.384. The largest absolute Gasteiger partial charge is 0.496 e. The Labute approximate surface area is 173 Å². The lowest BCUT2D eigenvalue weighted by Gasteiger charge is -2.35. The summed E-state index contributed by atoms with van der Waals surface area (Å²) in [7, 11) is 5.83. The van der Waals surface area contributed by atoms with Crippen LogP contribution in [0.1, 0.15) is 36.3 Å². The van der Waals surface area contributed by atoms with Crippen LogP contribution < -0.4 is 9.64 Å². The first-order valence-corrected chi connectivity index (χ1v) is 10.3. The smallest absolute Gasteiger partial charge is 0.269 e. The zero-order chi connectivity index (χ0) is 20.8. The standard InChI is InChI=1S/C23H31N3O3/c1-24(2)14-6-7-19-17-20(26(27)28)10-11-22(19)25-15-12-18(13-16-25)21-8-4-5-9-23(21)29-3/h4-5,8-11,17-18H,6-7,12-16H2,1-3H3. The highest BCUT2D eigenvalue weighted by Gasteiger charge is 2.25. The van der Waals surface area contributed by atoms with E-state index in [0.717, 1.165) is 62.3 Å². The number of rotatable bonds is 8. The first-order chi connectivity index (χ1) is 14.0. The Kier molecular flexibility index (Phi) is 7.09. The number of non-ortho nitro benzene ring substituents is 1. The Morgan fingerprint density at radius 1 is 1.17 bits per heavy atom. The minimum atomic E-state index is -0.298. The second-order valence-corrected chi connectivity index (χ2v) is 7.98. The molecule has 0 unspecified atom stereocenters. The highest BCUT2D eigenvalue weighted by Crippen LogP contribution is 2.36. The Hall–Kier alpha value is -2.60. The number of hydrogen-bond acceptors (Lipinski definition) is 5. The summed E-state index contributed by atoms with van der Waals surface area (Å²) in [5.41, 5.74) is 3.69. The summed E-state index contributed by atoms with van der Waals surface area (Å²) in [6, 6.07) is 13.6. The molecule has 0 radical (unpaired) electrons. The van der Waals surface area contributed by atoms with Gasteiger partial charge in [0.1, 0.15) is 5.75 Å². The molecule has 156 valence electrons. The molecule has 2 aromatic rings. The number of methoxy groups -OCH3 is 1. The topological polar surface area (TPSA) is 58.9 Å². The molecule has 1 aliphatic heterocycles. The van der Waals surface area contributed by atoms with Crippen molar-refractivity contribution in [3.8, 4) is 5.75 Å². The van der Waals surface area contributed by atoms with Crippen LogP contribution in [0, 0.1) is 10.1 Å². The maximum atomic E-state index is 11.3. The van der Waals surface area contributed by atoms with Crippen LogP contribution in [-0.4, -0.2) is 50.7 Å². The third-order valence-electron chi connectivity index (χ3n) is 5.74. The molecule has 1 heterocycles. The molecule has 6 nitrogen and oxygen atoms in total. The van der Waals surface area contributed by atoms with Gasteiger partial charge in [0.25, 0.3) is 5.69 Å². The number of aryl methyl sites for hydroxylation is 1. The van der Waals surface area contributed by atoms with Gasteiger partial charge in [-0.2, -0.15) is 0 Å². The third kappa shape index (κ3) is 5.26. The van der Waals surface area contributed by atoms with Crippen molar-refractivity contribution in [2.75, 3.05) is 45.7 Å². The molecule has 0 spiro atoms. The van der Waals surface area contributed by atoms with Crippen LogP contribution in [0.4, 0.5) is 11.4 Å². The fourth-order valence-electron chi connectivity index (χ4n) is 4.22.